The fourth-order valence-electron chi connectivity index (χ4n) is 0.883. The van der Waals surface area contributed by atoms with Gasteiger partial charge in [-0.15, -0.1) is 12.3 Å². The van der Waals surface area contributed by atoms with Crippen molar-refractivity contribution in [3.05, 3.63) is 24.3 Å². The molecule has 0 rings (SSSR count). The molecule has 0 spiro atoms. The van der Waals surface area contributed by atoms with E-state index in [0.717, 1.165) is 0 Å². The van der Waals surface area contributed by atoms with Gasteiger partial charge in [-0.25, -0.2) is 0 Å². The highest BCUT2D eigenvalue weighted by Crippen LogP contribution is 1.92. The minimum absolute atomic E-state index is 0.263. The van der Waals surface area contributed by atoms with Crippen molar-refractivity contribution in [3.8, 4) is 24.2 Å². The second kappa shape index (κ2) is 10.5. The van der Waals surface area contributed by atoms with Gasteiger partial charge in [-0.05, 0) is 6.08 Å². The molecule has 1 atom stereocenters. The van der Waals surface area contributed by atoms with E-state index < -0.39 is 6.10 Å². The number of carbonyl (C=O) groups excluding carboxylic acids is 1. The van der Waals surface area contributed by atoms with Gasteiger partial charge in [-0.1, -0.05) is 30.1 Å². The van der Waals surface area contributed by atoms with Crippen molar-refractivity contribution in [1.82, 2.24) is 0 Å². The summed E-state index contributed by atoms with van der Waals surface area (Å²) in [6.07, 6.45) is 12.1. The van der Waals surface area contributed by atoms with E-state index in [9.17, 15) is 9.90 Å². The van der Waals surface area contributed by atoms with Gasteiger partial charge in [0.2, 0.25) is 0 Å². The zero-order chi connectivity index (χ0) is 12.9. The lowest BCUT2D eigenvalue weighted by Gasteiger charge is -1.95. The number of rotatable bonds is 5. The maximum atomic E-state index is 10.7. The Balaban J connectivity index is 3.77. The van der Waals surface area contributed by atoms with Gasteiger partial charge >= 0.3 is 5.97 Å². The molecular formula is C14H16O3. The average Bonchev–Trinajstić information content (AvgIpc) is 2.32. The maximum Gasteiger partial charge on any atom is 0.306 e. The van der Waals surface area contributed by atoms with Crippen molar-refractivity contribution < 1.29 is 14.6 Å². The van der Waals surface area contributed by atoms with Gasteiger partial charge in [-0.3, -0.25) is 4.79 Å². The van der Waals surface area contributed by atoms with Gasteiger partial charge in [0.25, 0.3) is 0 Å². The molecule has 0 radical (unpaired) electrons. The summed E-state index contributed by atoms with van der Waals surface area (Å²) < 4.78 is 4.46. The molecule has 0 fully saturated rings. The molecule has 0 bridgehead atoms. The number of ether oxygens (including phenoxy) is 1. The Bertz CT molecular complexity index is 374. The largest absolute Gasteiger partial charge is 0.469 e. The van der Waals surface area contributed by atoms with Gasteiger partial charge in [0.05, 0.1) is 19.6 Å². The second-order valence-electron chi connectivity index (χ2n) is 3.12. The molecule has 0 unspecified atom stereocenters. The SMILES string of the molecule is C#CC[C@@H](O)/C=C/C=C/C#CCCC(=O)OC. The Hall–Kier alpha value is -1.97. The molecule has 17 heavy (non-hydrogen) atoms. The van der Waals surface area contributed by atoms with Gasteiger partial charge in [0, 0.05) is 12.8 Å². The van der Waals surface area contributed by atoms with Crippen molar-refractivity contribution in [2.45, 2.75) is 25.4 Å². The molecule has 0 aliphatic carbocycles. The number of aliphatic hydroxyl groups is 1. The number of carbonyl (C=O) groups is 1. The van der Waals surface area contributed by atoms with Crippen molar-refractivity contribution in [1.29, 1.82) is 0 Å². The van der Waals surface area contributed by atoms with E-state index in [1.54, 1.807) is 24.3 Å². The number of hydrogen-bond donors (Lipinski definition) is 1. The van der Waals surface area contributed by atoms with E-state index in [-0.39, 0.29) is 5.97 Å². The Morgan fingerprint density at radius 1 is 1.53 bits per heavy atom. The van der Waals surface area contributed by atoms with E-state index in [1.807, 2.05) is 0 Å². The van der Waals surface area contributed by atoms with Crippen molar-refractivity contribution in [2.75, 3.05) is 7.11 Å². The first-order chi connectivity index (χ1) is 8.20. The first-order valence-corrected chi connectivity index (χ1v) is 5.20. The molecule has 3 heteroatoms. The molecule has 0 aliphatic rings. The van der Waals surface area contributed by atoms with Gasteiger partial charge < -0.3 is 9.84 Å². The summed E-state index contributed by atoms with van der Waals surface area (Å²) in [5.41, 5.74) is 0. The summed E-state index contributed by atoms with van der Waals surface area (Å²) in [5.74, 6) is 7.65. The first-order valence-electron chi connectivity index (χ1n) is 5.20. The molecule has 0 aliphatic heterocycles. The summed E-state index contributed by atoms with van der Waals surface area (Å²) in [7, 11) is 1.35. The van der Waals surface area contributed by atoms with Crippen LogP contribution < -0.4 is 0 Å². The lowest BCUT2D eigenvalue weighted by Crippen LogP contribution is -1.98. The van der Waals surface area contributed by atoms with Crippen molar-refractivity contribution in [2.24, 2.45) is 0 Å². The maximum absolute atomic E-state index is 10.7. The molecular weight excluding hydrogens is 216 g/mol. The lowest BCUT2D eigenvalue weighted by atomic mass is 10.2. The first kappa shape index (κ1) is 15.0. The third-order valence-corrected chi connectivity index (χ3v) is 1.73. The van der Waals surface area contributed by atoms with E-state index in [2.05, 4.69) is 22.5 Å². The quantitative estimate of drug-likeness (QED) is 0.443. The molecule has 0 saturated heterocycles. The van der Waals surface area contributed by atoms with Crippen LogP contribution >= 0.6 is 0 Å². The third-order valence-electron chi connectivity index (χ3n) is 1.73. The van der Waals surface area contributed by atoms with Crippen LogP contribution in [0.25, 0.3) is 0 Å². The third kappa shape index (κ3) is 10.3. The van der Waals surface area contributed by atoms with Crippen LogP contribution in [-0.2, 0) is 9.53 Å². The number of hydrogen-bond acceptors (Lipinski definition) is 3. The van der Waals surface area contributed by atoms with E-state index in [1.165, 1.54) is 7.11 Å². The highest BCUT2D eigenvalue weighted by atomic mass is 16.5. The van der Waals surface area contributed by atoms with Crippen LogP contribution in [0.15, 0.2) is 24.3 Å². The summed E-state index contributed by atoms with van der Waals surface area (Å²) in [6.45, 7) is 0. The summed E-state index contributed by atoms with van der Waals surface area (Å²) in [4.78, 5) is 10.7. The molecule has 0 aromatic rings. The van der Waals surface area contributed by atoms with E-state index in [0.29, 0.717) is 19.3 Å². The smallest absolute Gasteiger partial charge is 0.306 e. The average molecular weight is 232 g/mol. The minimum atomic E-state index is -0.614. The minimum Gasteiger partial charge on any atom is -0.469 e. The van der Waals surface area contributed by atoms with Crippen LogP contribution in [0.2, 0.25) is 0 Å². The van der Waals surface area contributed by atoms with Crippen LogP contribution in [0, 0.1) is 24.2 Å². The Labute approximate surface area is 102 Å². The van der Waals surface area contributed by atoms with Gasteiger partial charge in [-0.2, -0.15) is 0 Å². The zero-order valence-electron chi connectivity index (χ0n) is 9.85. The predicted molar refractivity (Wildman–Crippen MR) is 66.8 cm³/mol. The second-order valence-corrected chi connectivity index (χ2v) is 3.12. The Kier molecular flexibility index (Phi) is 9.32. The van der Waals surface area contributed by atoms with Crippen molar-refractivity contribution >= 4 is 5.97 Å². The molecule has 1 N–H and O–H groups in total. The lowest BCUT2D eigenvalue weighted by molar-refractivity contribution is -0.140. The standard InChI is InChI=1S/C14H16O3/c1-3-10-13(15)11-8-6-4-5-7-9-12-14(16)17-2/h1,4,6,8,11,13,15H,9-10,12H2,2H3/b6-4+,11-8+/t13-/m1/s1. The van der Waals surface area contributed by atoms with Crippen LogP contribution in [0.1, 0.15) is 19.3 Å². The van der Waals surface area contributed by atoms with E-state index in [4.69, 9.17) is 6.42 Å². The molecule has 0 aromatic carbocycles. The van der Waals surface area contributed by atoms with Crippen LogP contribution in [0.4, 0.5) is 0 Å². The predicted octanol–water partition coefficient (Wildman–Crippen LogP) is 1.44. The molecule has 0 aromatic heterocycles. The highest BCUT2D eigenvalue weighted by Gasteiger charge is 1.95. The molecule has 90 valence electrons. The van der Waals surface area contributed by atoms with Crippen LogP contribution in [-0.4, -0.2) is 24.3 Å². The number of esters is 1. The van der Waals surface area contributed by atoms with Crippen molar-refractivity contribution in [3.63, 3.8) is 0 Å². The number of methoxy groups -OCH3 is 1. The van der Waals surface area contributed by atoms with Gasteiger partial charge in [0.15, 0.2) is 0 Å². The fourth-order valence-corrected chi connectivity index (χ4v) is 0.883. The molecule has 0 heterocycles. The summed E-state index contributed by atoms with van der Waals surface area (Å²) in [6, 6.07) is 0. The van der Waals surface area contributed by atoms with Crippen LogP contribution in [0.5, 0.6) is 0 Å². The summed E-state index contributed by atoms with van der Waals surface area (Å²) >= 11 is 0. The molecule has 0 amide bonds. The monoisotopic (exact) mass is 232 g/mol. The summed E-state index contributed by atoms with van der Waals surface area (Å²) in [5, 5.41) is 9.23. The molecule has 0 saturated carbocycles. The Morgan fingerprint density at radius 2 is 2.29 bits per heavy atom. The topological polar surface area (TPSA) is 46.5 Å². The van der Waals surface area contributed by atoms with Gasteiger partial charge in [0.1, 0.15) is 0 Å². The molecule has 3 nitrogen and oxygen atoms in total. The number of allylic oxidation sites excluding steroid dienone is 3. The van der Waals surface area contributed by atoms with E-state index >= 15 is 0 Å². The zero-order valence-corrected chi connectivity index (χ0v) is 9.85. The number of terminal acetylenes is 1. The van der Waals surface area contributed by atoms with Crippen LogP contribution in [0.3, 0.4) is 0 Å². The Morgan fingerprint density at radius 3 is 2.94 bits per heavy atom. The normalized spacial score (nSPS) is 11.8. The number of aliphatic hydroxyl groups excluding tert-OH is 1. The highest BCUT2D eigenvalue weighted by molar-refractivity contribution is 5.69. The fraction of sp³-hybridized carbons (Fsp3) is 0.357.